The number of esters is 3. The molecule has 21 nitrogen and oxygen atoms in total. The van der Waals surface area contributed by atoms with E-state index in [0.717, 1.165) is 0 Å². The van der Waals surface area contributed by atoms with E-state index in [9.17, 15) is 54.9 Å². The number of halogens is 1. The van der Waals surface area contributed by atoms with Crippen LogP contribution in [0, 0.1) is 23.7 Å². The number of fused-ring (bicyclic) bond motifs is 8. The van der Waals surface area contributed by atoms with Gasteiger partial charge in [-0.2, -0.15) is 0 Å². The largest absolute Gasteiger partial charge is 0.462 e. The number of carbonyl (C=O) groups excluding carboxylic acids is 4. The minimum atomic E-state index is -2.40. The SMILES string of the molecule is C=C(Br)/C=C/[C@@H](O)CC(=C)C[C@H]1O[C@@H]2[C@H](C)[C@@H](OC(=O)C[C@H]3C[C@H](OC(C)=O)C[C@@]4(C[C@@](C)(O)C[C@H](CC(=C)[C@@H](C)[C@H](OC(C)=O)[C@H](C)C(=O)C[C@@H]5C[C@H](OC)C[C@@]6(C[C@@H](O)C[C@H](/C=C/CCC[C@H]7O[C@](O)(C[C@H](O)[C@H]7C)[C@H]2O)O6)O5)O4)O3)[C@@H]1O. The van der Waals surface area contributed by atoms with Gasteiger partial charge in [0, 0.05) is 107 Å². The van der Waals surface area contributed by atoms with Crippen molar-refractivity contribution in [2.24, 2.45) is 23.7 Å². The topological polar surface area (TPSA) is 302 Å². The van der Waals surface area contributed by atoms with Crippen LogP contribution in [0.5, 0.6) is 0 Å². The molecule has 0 amide bonds. The molecule has 10 bridgehead atoms. The average molecular weight is 1270 g/mol. The number of rotatable bonds is 9. The Bertz CT molecular complexity index is 2430. The molecule has 6 fully saturated rings. The average Bonchev–Trinajstić information content (AvgIpc) is 1.35. The lowest BCUT2D eigenvalue weighted by atomic mass is 9.78. The van der Waals surface area contributed by atoms with Gasteiger partial charge >= 0.3 is 17.9 Å². The second-order valence-corrected chi connectivity index (χ2v) is 27.0. The summed E-state index contributed by atoms with van der Waals surface area (Å²) in [5.74, 6) is -10.7. The highest BCUT2D eigenvalue weighted by Crippen LogP contribution is 2.48. The fourth-order valence-electron chi connectivity index (χ4n) is 14.1. The molecule has 2 spiro atoms. The first-order valence-corrected chi connectivity index (χ1v) is 31.1. The first-order chi connectivity index (χ1) is 39.8. The number of hydrogen-bond acceptors (Lipinski definition) is 21. The molecule has 0 unspecified atom stereocenters. The third-order valence-electron chi connectivity index (χ3n) is 18.3. The van der Waals surface area contributed by atoms with Crippen molar-refractivity contribution in [1.29, 1.82) is 0 Å². The monoisotopic (exact) mass is 1270 g/mol. The van der Waals surface area contributed by atoms with Crippen LogP contribution < -0.4 is 0 Å². The number of methoxy groups -OCH3 is 1. The number of aliphatic hydroxyl groups excluding tert-OH is 5. The predicted octanol–water partition coefficient (Wildman–Crippen LogP) is 6.07. The van der Waals surface area contributed by atoms with Gasteiger partial charge in [0.15, 0.2) is 17.4 Å². The molecule has 85 heavy (non-hydrogen) atoms. The van der Waals surface area contributed by atoms with Crippen LogP contribution in [-0.2, 0) is 66.5 Å². The Morgan fingerprint density at radius 2 is 1.47 bits per heavy atom. The van der Waals surface area contributed by atoms with Crippen LogP contribution in [0.3, 0.4) is 0 Å². The molecule has 7 aliphatic rings. The van der Waals surface area contributed by atoms with Gasteiger partial charge in [-0.1, -0.05) is 98.8 Å². The van der Waals surface area contributed by atoms with E-state index in [4.69, 9.17) is 47.4 Å². The van der Waals surface area contributed by atoms with Gasteiger partial charge in [-0.15, -0.1) is 0 Å². The highest BCUT2D eigenvalue weighted by atomic mass is 79.9. The van der Waals surface area contributed by atoms with Gasteiger partial charge in [-0.05, 0) is 45.4 Å². The molecule has 0 radical (unpaired) electrons. The van der Waals surface area contributed by atoms with Crippen LogP contribution in [0.4, 0.5) is 0 Å². The van der Waals surface area contributed by atoms with Gasteiger partial charge in [-0.25, -0.2) is 0 Å². The summed E-state index contributed by atoms with van der Waals surface area (Å²) in [5.41, 5.74) is -0.473. The second-order valence-electron chi connectivity index (χ2n) is 25.9. The molecular formula is C63H95BrO21. The standard InChI is InChI=1S/C63H95BrO21/c1-33(19-42(67)18-17-35(3)64)20-53-55(72)57-39(7)58(79-53)59(73)63(75)31-51(70)37(5)52(85-63)16-14-12-13-15-44-22-43(68)27-61(81-44)29-47(76-11)23-45(82-61)25-50(69)38(6)56(78-41(9)66)36(4)34(2)21-49-28-60(10,74)32-62(84-49)30-48(77-40(8)65)24-46(83-62)26-54(71)80-57/h13,15,17-18,36-39,42-49,51-53,55-59,67-68,70,72-75H,1-3,12,14,16,19-32H2,4-11H3/b15-13+,18-17+/t36-,37-,38-,39-,42-,43+,44+,45+,46-,47+,48+,49+,51+,52-,53-,55-,56+,57-,58-,59+,60+,61-,62-,63-/m1/s1. The molecule has 7 rings (SSSR count). The predicted molar refractivity (Wildman–Crippen MR) is 311 cm³/mol. The Kier molecular flexibility index (Phi) is 23.7. The van der Waals surface area contributed by atoms with Crippen LogP contribution in [0.1, 0.15) is 158 Å². The van der Waals surface area contributed by atoms with E-state index in [-0.39, 0.29) is 76.1 Å². The molecule has 24 atom stereocenters. The fraction of sp³-hybridized carbons (Fsp3) is 0.778. The lowest BCUT2D eigenvalue weighted by Gasteiger charge is -2.52. The summed E-state index contributed by atoms with van der Waals surface area (Å²) in [4.78, 5) is 54.3. The van der Waals surface area contributed by atoms with Gasteiger partial charge in [0.2, 0.25) is 0 Å². The summed E-state index contributed by atoms with van der Waals surface area (Å²) in [7, 11) is 1.57. The quantitative estimate of drug-likeness (QED) is 0.0597. The lowest BCUT2D eigenvalue weighted by Crippen LogP contribution is -2.65. The zero-order valence-electron chi connectivity index (χ0n) is 50.7. The number of ether oxygens (including phenoxy) is 10. The van der Waals surface area contributed by atoms with Crippen LogP contribution in [0.15, 0.2) is 59.7 Å². The normalized spacial score (nSPS) is 44.5. The number of carbonyl (C=O) groups is 4. The molecule has 480 valence electrons. The summed E-state index contributed by atoms with van der Waals surface area (Å²) < 4.78 is 64.0. The Morgan fingerprint density at radius 3 is 2.15 bits per heavy atom. The van der Waals surface area contributed by atoms with Crippen molar-refractivity contribution >= 4 is 39.6 Å². The van der Waals surface area contributed by atoms with Crippen LogP contribution >= 0.6 is 15.9 Å². The van der Waals surface area contributed by atoms with Gasteiger partial charge in [0.1, 0.15) is 36.3 Å². The zero-order chi connectivity index (χ0) is 62.5. The highest BCUT2D eigenvalue weighted by Gasteiger charge is 2.58. The molecule has 0 aromatic rings. The van der Waals surface area contributed by atoms with Gasteiger partial charge < -0.3 is 83.1 Å². The molecular weight excluding hydrogens is 1170 g/mol. The maximum Gasteiger partial charge on any atom is 0.308 e. The number of ketones is 1. The van der Waals surface area contributed by atoms with E-state index < -0.39 is 169 Å². The molecule has 0 saturated carbocycles. The van der Waals surface area contributed by atoms with Gasteiger partial charge in [-0.3, -0.25) is 19.2 Å². The van der Waals surface area contributed by atoms with Crippen LogP contribution in [0.25, 0.3) is 0 Å². The summed E-state index contributed by atoms with van der Waals surface area (Å²) in [5, 5.41) is 82.5. The van der Waals surface area contributed by atoms with E-state index in [0.29, 0.717) is 47.7 Å². The minimum absolute atomic E-state index is 0.0122. The van der Waals surface area contributed by atoms with E-state index in [1.165, 1.54) is 19.9 Å². The van der Waals surface area contributed by atoms with Crippen molar-refractivity contribution in [3.05, 3.63) is 59.7 Å². The fourth-order valence-corrected chi connectivity index (χ4v) is 14.3. The Morgan fingerprint density at radius 1 is 0.812 bits per heavy atom. The second kappa shape index (κ2) is 29.1. The maximum atomic E-state index is 14.5. The first kappa shape index (κ1) is 69.2. The summed E-state index contributed by atoms with van der Waals surface area (Å²) in [6.07, 6.45) is -8.17. The number of aliphatic hydroxyl groups is 7. The number of hydrogen-bond donors (Lipinski definition) is 7. The van der Waals surface area contributed by atoms with E-state index in [2.05, 4.69) is 35.7 Å². The molecule has 0 aromatic heterocycles. The molecule has 7 N–H and O–H groups in total. The van der Waals surface area contributed by atoms with Crippen molar-refractivity contribution in [2.75, 3.05) is 7.11 Å². The molecule has 7 aliphatic heterocycles. The minimum Gasteiger partial charge on any atom is -0.462 e. The number of allylic oxidation sites excluding steroid dienone is 3. The lowest BCUT2D eigenvalue weighted by molar-refractivity contribution is -0.351. The van der Waals surface area contributed by atoms with Crippen molar-refractivity contribution < 1.29 is 102 Å². The van der Waals surface area contributed by atoms with Crippen molar-refractivity contribution in [2.45, 2.75) is 278 Å². The van der Waals surface area contributed by atoms with Gasteiger partial charge in [0.05, 0.1) is 85.1 Å². The molecule has 6 saturated heterocycles. The highest BCUT2D eigenvalue weighted by molar-refractivity contribution is 9.11. The molecule has 22 heteroatoms. The first-order valence-electron chi connectivity index (χ1n) is 30.3. The Labute approximate surface area is 508 Å². The third-order valence-corrected chi connectivity index (χ3v) is 18.6. The number of Topliss-reactive ketones (excluding diaryl/α,β-unsaturated/α-hetero) is 1. The summed E-state index contributed by atoms with van der Waals surface area (Å²) in [6.45, 7) is 23.3. The Balaban J connectivity index is 1.22. The maximum absolute atomic E-state index is 14.5. The van der Waals surface area contributed by atoms with E-state index in [1.54, 1.807) is 47.8 Å². The Hall–Kier alpha value is -3.30. The van der Waals surface area contributed by atoms with Crippen molar-refractivity contribution in [3.63, 3.8) is 0 Å². The summed E-state index contributed by atoms with van der Waals surface area (Å²) in [6, 6.07) is 0. The van der Waals surface area contributed by atoms with E-state index in [1.807, 2.05) is 12.2 Å². The van der Waals surface area contributed by atoms with Crippen LogP contribution in [0.2, 0.25) is 0 Å². The molecule has 0 aromatic carbocycles. The summed E-state index contributed by atoms with van der Waals surface area (Å²) >= 11 is 3.24. The zero-order valence-corrected chi connectivity index (χ0v) is 52.3. The van der Waals surface area contributed by atoms with Crippen molar-refractivity contribution in [1.82, 2.24) is 0 Å². The van der Waals surface area contributed by atoms with Crippen molar-refractivity contribution in [3.8, 4) is 0 Å². The van der Waals surface area contributed by atoms with Crippen LogP contribution in [-0.4, -0.2) is 187 Å². The smallest absolute Gasteiger partial charge is 0.308 e. The van der Waals surface area contributed by atoms with Gasteiger partial charge in [0.25, 0.3) is 0 Å². The molecule has 7 heterocycles. The third kappa shape index (κ3) is 18.2. The van der Waals surface area contributed by atoms with E-state index >= 15 is 0 Å². The molecule has 0 aliphatic carbocycles.